The highest BCUT2D eigenvalue weighted by molar-refractivity contribution is 6.43. The predicted molar refractivity (Wildman–Crippen MR) is 117 cm³/mol. The molecule has 2 bridgehead atoms. The number of hydrogen-bond donors (Lipinski definition) is 0. The number of amides is 2. The third kappa shape index (κ3) is 3.91. The Bertz CT molecular complexity index is 869. The summed E-state index contributed by atoms with van der Waals surface area (Å²) in [5.41, 5.74) is 0.157. The SMILES string of the molecule is COc1cc(C(=O)C(=O)N2C3CCCC2C(=O)N(C2CCCCC2)C3)cc(OC)c1OC. The van der Waals surface area contributed by atoms with Crippen LogP contribution in [0.25, 0.3) is 0 Å². The molecular formula is C24H32N2O6. The molecule has 4 rings (SSSR count). The topological polar surface area (TPSA) is 85.4 Å². The van der Waals surface area contributed by atoms with Crippen molar-refractivity contribution in [2.75, 3.05) is 27.9 Å². The second-order valence-corrected chi connectivity index (χ2v) is 8.84. The molecule has 32 heavy (non-hydrogen) atoms. The van der Waals surface area contributed by atoms with Gasteiger partial charge in [-0.1, -0.05) is 19.3 Å². The Kier molecular flexibility index (Phi) is 6.58. The maximum atomic E-state index is 13.4. The summed E-state index contributed by atoms with van der Waals surface area (Å²) < 4.78 is 16.0. The lowest BCUT2D eigenvalue weighted by Gasteiger charge is -2.51. The second-order valence-electron chi connectivity index (χ2n) is 8.84. The number of Topliss-reactive ketones (excluding diaryl/α,β-unsaturated/α-hetero) is 1. The zero-order valence-corrected chi connectivity index (χ0v) is 19.1. The van der Waals surface area contributed by atoms with Crippen LogP contribution in [0.4, 0.5) is 0 Å². The number of ether oxygens (including phenoxy) is 3. The summed E-state index contributed by atoms with van der Waals surface area (Å²) in [5.74, 6) is -0.334. The molecule has 2 heterocycles. The minimum absolute atomic E-state index is 0.00103. The fourth-order valence-corrected chi connectivity index (χ4v) is 5.49. The number of hydrogen-bond acceptors (Lipinski definition) is 6. The number of fused-ring (bicyclic) bond motifs is 2. The summed E-state index contributed by atoms with van der Waals surface area (Å²) in [6.07, 6.45) is 7.88. The third-order valence-corrected chi connectivity index (χ3v) is 7.09. The van der Waals surface area contributed by atoms with Crippen LogP contribution in [0.2, 0.25) is 0 Å². The lowest BCUT2D eigenvalue weighted by molar-refractivity contribution is -0.160. The molecule has 3 fully saturated rings. The molecule has 0 N–H and O–H groups in total. The van der Waals surface area contributed by atoms with Gasteiger partial charge in [-0.05, 0) is 44.2 Å². The van der Waals surface area contributed by atoms with Crippen molar-refractivity contribution in [1.29, 1.82) is 0 Å². The van der Waals surface area contributed by atoms with Crippen LogP contribution in [-0.4, -0.2) is 73.4 Å². The van der Waals surface area contributed by atoms with Crippen molar-refractivity contribution in [3.05, 3.63) is 17.7 Å². The lowest BCUT2D eigenvalue weighted by Crippen LogP contribution is -2.67. The molecule has 3 aliphatic rings. The monoisotopic (exact) mass is 444 g/mol. The molecule has 8 nitrogen and oxygen atoms in total. The molecule has 1 saturated carbocycles. The molecule has 2 atom stereocenters. The molecule has 1 aromatic rings. The number of benzene rings is 1. The van der Waals surface area contributed by atoms with E-state index in [0.717, 1.165) is 38.5 Å². The summed E-state index contributed by atoms with van der Waals surface area (Å²) in [6.45, 7) is 0.522. The van der Waals surface area contributed by atoms with Crippen molar-refractivity contribution in [2.45, 2.75) is 69.5 Å². The molecule has 0 radical (unpaired) electrons. The van der Waals surface area contributed by atoms with Crippen LogP contribution in [-0.2, 0) is 9.59 Å². The molecule has 2 saturated heterocycles. The van der Waals surface area contributed by atoms with Gasteiger partial charge in [0.25, 0.3) is 11.7 Å². The molecule has 174 valence electrons. The van der Waals surface area contributed by atoms with Gasteiger partial charge in [0, 0.05) is 18.2 Å². The van der Waals surface area contributed by atoms with Crippen LogP contribution in [0.15, 0.2) is 12.1 Å². The first-order valence-corrected chi connectivity index (χ1v) is 11.5. The number of ketones is 1. The number of piperidine rings is 1. The number of rotatable bonds is 6. The van der Waals surface area contributed by atoms with Crippen LogP contribution in [0.3, 0.4) is 0 Å². The first-order chi connectivity index (χ1) is 15.5. The van der Waals surface area contributed by atoms with Gasteiger partial charge in [0.15, 0.2) is 11.5 Å². The minimum Gasteiger partial charge on any atom is -0.493 e. The molecule has 1 aromatic carbocycles. The van der Waals surface area contributed by atoms with Gasteiger partial charge in [0.2, 0.25) is 11.7 Å². The summed E-state index contributed by atoms with van der Waals surface area (Å²) in [6, 6.07) is 2.56. The maximum Gasteiger partial charge on any atom is 0.295 e. The quantitative estimate of drug-likeness (QED) is 0.496. The zero-order chi connectivity index (χ0) is 22.8. The van der Waals surface area contributed by atoms with Crippen molar-refractivity contribution in [1.82, 2.24) is 9.80 Å². The van der Waals surface area contributed by atoms with E-state index in [2.05, 4.69) is 0 Å². The molecule has 2 aliphatic heterocycles. The average Bonchev–Trinajstić information content (AvgIpc) is 2.84. The molecule has 1 aliphatic carbocycles. The molecule has 0 aromatic heterocycles. The van der Waals surface area contributed by atoms with Gasteiger partial charge in [-0.2, -0.15) is 0 Å². The Morgan fingerprint density at radius 2 is 1.47 bits per heavy atom. The Labute approximate surface area is 188 Å². The highest BCUT2D eigenvalue weighted by Gasteiger charge is 2.48. The van der Waals surface area contributed by atoms with Gasteiger partial charge in [0.05, 0.1) is 27.4 Å². The standard InChI is InChI=1S/C24H32N2O6/c1-30-19-12-15(13-20(31-2)22(19)32-3)21(27)24(29)26-17-10-7-11-18(26)23(28)25(14-17)16-8-5-4-6-9-16/h12-13,16-18H,4-11,14H2,1-3H3. The van der Waals surface area contributed by atoms with Crippen molar-refractivity contribution < 1.29 is 28.6 Å². The number of nitrogens with zero attached hydrogens (tertiary/aromatic N) is 2. The lowest BCUT2D eigenvalue weighted by atomic mass is 9.86. The molecule has 2 unspecified atom stereocenters. The molecular weight excluding hydrogens is 412 g/mol. The molecule has 8 heteroatoms. The van der Waals surface area contributed by atoms with E-state index in [1.165, 1.54) is 39.9 Å². The zero-order valence-electron chi connectivity index (χ0n) is 19.1. The van der Waals surface area contributed by atoms with E-state index in [1.807, 2.05) is 4.90 Å². The van der Waals surface area contributed by atoms with Gasteiger partial charge < -0.3 is 24.0 Å². The first kappa shape index (κ1) is 22.4. The second kappa shape index (κ2) is 9.38. The number of carbonyl (C=O) groups is 3. The summed E-state index contributed by atoms with van der Waals surface area (Å²) in [7, 11) is 4.40. The van der Waals surface area contributed by atoms with E-state index in [1.54, 1.807) is 4.90 Å². The van der Waals surface area contributed by atoms with Crippen LogP contribution >= 0.6 is 0 Å². The Balaban J connectivity index is 1.59. The number of methoxy groups -OCH3 is 3. The van der Waals surface area contributed by atoms with Crippen LogP contribution in [0.1, 0.15) is 61.7 Å². The predicted octanol–water partition coefficient (Wildman–Crippen LogP) is 2.82. The van der Waals surface area contributed by atoms with E-state index in [-0.39, 0.29) is 23.6 Å². The highest BCUT2D eigenvalue weighted by atomic mass is 16.5. The van der Waals surface area contributed by atoms with Gasteiger partial charge in [-0.3, -0.25) is 14.4 Å². The summed E-state index contributed by atoms with van der Waals surface area (Å²) >= 11 is 0. The number of carbonyl (C=O) groups excluding carboxylic acids is 3. The van der Waals surface area contributed by atoms with E-state index in [0.29, 0.717) is 30.2 Å². The largest absolute Gasteiger partial charge is 0.493 e. The van der Waals surface area contributed by atoms with E-state index in [9.17, 15) is 14.4 Å². The van der Waals surface area contributed by atoms with Crippen molar-refractivity contribution in [2.24, 2.45) is 0 Å². The molecule has 2 amide bonds. The Morgan fingerprint density at radius 1 is 0.844 bits per heavy atom. The van der Waals surface area contributed by atoms with Crippen LogP contribution in [0.5, 0.6) is 17.2 Å². The van der Waals surface area contributed by atoms with Crippen molar-refractivity contribution in [3.63, 3.8) is 0 Å². The van der Waals surface area contributed by atoms with E-state index < -0.39 is 17.7 Å². The van der Waals surface area contributed by atoms with Gasteiger partial charge in [-0.25, -0.2) is 0 Å². The normalized spacial score (nSPS) is 23.7. The first-order valence-electron chi connectivity index (χ1n) is 11.5. The Morgan fingerprint density at radius 3 is 2.06 bits per heavy atom. The van der Waals surface area contributed by atoms with Crippen LogP contribution < -0.4 is 14.2 Å². The summed E-state index contributed by atoms with van der Waals surface area (Å²) in [4.78, 5) is 43.5. The van der Waals surface area contributed by atoms with Crippen LogP contribution in [0, 0.1) is 0 Å². The molecule has 0 spiro atoms. The van der Waals surface area contributed by atoms with Crippen molar-refractivity contribution >= 4 is 17.6 Å². The van der Waals surface area contributed by atoms with E-state index in [4.69, 9.17) is 14.2 Å². The highest BCUT2D eigenvalue weighted by Crippen LogP contribution is 2.39. The average molecular weight is 445 g/mol. The Hall–Kier alpha value is -2.77. The van der Waals surface area contributed by atoms with Gasteiger partial charge in [0.1, 0.15) is 6.04 Å². The fourth-order valence-electron chi connectivity index (χ4n) is 5.49. The maximum absolute atomic E-state index is 13.4. The number of likely N-dealkylation sites (tertiary alicyclic amines) is 1. The smallest absolute Gasteiger partial charge is 0.295 e. The number of piperazine rings is 1. The van der Waals surface area contributed by atoms with Gasteiger partial charge in [-0.15, -0.1) is 0 Å². The van der Waals surface area contributed by atoms with Gasteiger partial charge >= 0.3 is 0 Å². The summed E-state index contributed by atoms with van der Waals surface area (Å²) in [5, 5.41) is 0. The minimum atomic E-state index is -0.667. The van der Waals surface area contributed by atoms with E-state index >= 15 is 0 Å². The fraction of sp³-hybridized carbons (Fsp3) is 0.625. The van der Waals surface area contributed by atoms with Crippen molar-refractivity contribution in [3.8, 4) is 17.2 Å². The third-order valence-electron chi connectivity index (χ3n) is 7.09.